The molecule has 0 amide bonds. The van der Waals surface area contributed by atoms with E-state index in [1.807, 2.05) is 0 Å². The van der Waals surface area contributed by atoms with Crippen molar-refractivity contribution in [2.24, 2.45) is 11.8 Å². The molecular formula is C25H37BrN2OSi. The summed E-state index contributed by atoms with van der Waals surface area (Å²) in [5, 5.41) is 1.58. The maximum absolute atomic E-state index is 6.73. The molecule has 4 heterocycles. The third kappa shape index (κ3) is 3.22. The van der Waals surface area contributed by atoms with E-state index in [1.165, 1.54) is 48.9 Å². The second-order valence-electron chi connectivity index (χ2n) is 11.6. The summed E-state index contributed by atoms with van der Waals surface area (Å²) in [6.07, 6.45) is 5.29. The first-order chi connectivity index (χ1) is 14.1. The van der Waals surface area contributed by atoms with Crippen molar-refractivity contribution in [1.82, 2.24) is 9.88 Å². The highest BCUT2D eigenvalue weighted by Gasteiger charge is 2.48. The van der Waals surface area contributed by atoms with Crippen LogP contribution in [0.25, 0.3) is 10.9 Å². The molecular weight excluding hydrogens is 452 g/mol. The van der Waals surface area contributed by atoms with Crippen molar-refractivity contribution < 1.29 is 4.43 Å². The number of fused-ring (bicyclic) bond motifs is 4. The number of hydrogen-bond donors (Lipinski definition) is 1. The van der Waals surface area contributed by atoms with E-state index in [0.717, 1.165) is 34.5 Å². The first-order valence-electron chi connectivity index (χ1n) is 11.9. The van der Waals surface area contributed by atoms with Crippen molar-refractivity contribution in [2.45, 2.75) is 83.5 Å². The van der Waals surface area contributed by atoms with E-state index in [9.17, 15) is 0 Å². The number of benzene rings is 1. The molecule has 2 aromatic rings. The van der Waals surface area contributed by atoms with Crippen molar-refractivity contribution >= 4 is 35.2 Å². The van der Waals surface area contributed by atoms with E-state index < -0.39 is 8.32 Å². The standard InChI is InChI=1S/C25H37BrN2OSi/c1-7-16-10-15-11-19-23-17(8-9-28(14-15)24(16)19)18-12-22(20(26)13-21(18)27-23)29-30(5,6)25(2,3)4/h12-13,15-16,19,24,27H,7-11,14H2,1-6H3/t15-,16-,19-,24?/m0/s1. The average molecular weight is 490 g/mol. The van der Waals surface area contributed by atoms with Crippen LogP contribution in [0.4, 0.5) is 0 Å². The zero-order chi connectivity index (χ0) is 21.4. The van der Waals surface area contributed by atoms with Crippen LogP contribution in [0.2, 0.25) is 18.1 Å². The van der Waals surface area contributed by atoms with Gasteiger partial charge < -0.3 is 9.41 Å². The largest absolute Gasteiger partial charge is 0.543 e. The lowest BCUT2D eigenvalue weighted by molar-refractivity contribution is -0.0134. The van der Waals surface area contributed by atoms with Gasteiger partial charge in [-0.2, -0.15) is 0 Å². The smallest absolute Gasteiger partial charge is 0.250 e. The number of hydrogen-bond acceptors (Lipinski definition) is 2. The lowest BCUT2D eigenvalue weighted by Gasteiger charge is -2.53. The van der Waals surface area contributed by atoms with E-state index in [2.05, 4.69) is 78.7 Å². The summed E-state index contributed by atoms with van der Waals surface area (Å²) in [5.74, 6) is 3.45. The Bertz CT molecular complexity index is 976. The van der Waals surface area contributed by atoms with E-state index in [4.69, 9.17) is 4.43 Å². The molecule has 1 aromatic carbocycles. The number of aromatic nitrogens is 1. The zero-order valence-corrected chi connectivity index (χ0v) is 22.0. The van der Waals surface area contributed by atoms with Crippen LogP contribution in [0.1, 0.15) is 64.1 Å². The number of rotatable bonds is 3. The van der Waals surface area contributed by atoms with Gasteiger partial charge in [0.1, 0.15) is 5.75 Å². The topological polar surface area (TPSA) is 28.3 Å². The Balaban J connectivity index is 1.58. The minimum Gasteiger partial charge on any atom is -0.543 e. The highest BCUT2D eigenvalue weighted by Crippen LogP contribution is 2.51. The Labute approximate surface area is 191 Å². The molecule has 1 aliphatic carbocycles. The first-order valence-corrected chi connectivity index (χ1v) is 15.6. The fraction of sp³-hybridized carbons (Fsp3) is 0.680. The number of piperidine rings is 2. The van der Waals surface area contributed by atoms with Crippen LogP contribution in [0, 0.1) is 11.8 Å². The highest BCUT2D eigenvalue weighted by atomic mass is 79.9. The quantitative estimate of drug-likeness (QED) is 0.467. The van der Waals surface area contributed by atoms with E-state index in [-0.39, 0.29) is 5.04 Å². The Morgan fingerprint density at radius 2 is 2.00 bits per heavy atom. The predicted molar refractivity (Wildman–Crippen MR) is 132 cm³/mol. The van der Waals surface area contributed by atoms with Gasteiger partial charge in [-0.25, -0.2) is 0 Å². The maximum atomic E-state index is 6.73. The van der Waals surface area contributed by atoms with Crippen LogP contribution >= 0.6 is 15.9 Å². The summed E-state index contributed by atoms with van der Waals surface area (Å²) in [4.78, 5) is 6.74. The van der Waals surface area contributed by atoms with E-state index in [0.29, 0.717) is 5.92 Å². The third-order valence-electron chi connectivity index (χ3n) is 8.74. The molecule has 3 nitrogen and oxygen atoms in total. The SMILES string of the molecule is CC[C@H]1C[C@H]2C[C@H]3c4[nH]c5cc(Br)c(O[Si](C)(C)C(C)(C)C)cc5c4CCN(C2)C13. The van der Waals surface area contributed by atoms with Crippen LogP contribution in [0.3, 0.4) is 0 Å². The summed E-state index contributed by atoms with van der Waals surface area (Å²) < 4.78 is 7.81. The van der Waals surface area contributed by atoms with Crippen LogP contribution in [0.15, 0.2) is 16.6 Å². The van der Waals surface area contributed by atoms with Gasteiger partial charge in [0.15, 0.2) is 0 Å². The Kier molecular flexibility index (Phi) is 5.00. The molecule has 4 bridgehead atoms. The summed E-state index contributed by atoms with van der Waals surface area (Å²) in [6, 6.07) is 5.33. The fourth-order valence-corrected chi connectivity index (χ4v) is 7.80. The highest BCUT2D eigenvalue weighted by molar-refractivity contribution is 9.10. The number of H-pyrrole nitrogens is 1. The van der Waals surface area contributed by atoms with Gasteiger partial charge >= 0.3 is 0 Å². The molecule has 2 saturated heterocycles. The Morgan fingerprint density at radius 3 is 2.70 bits per heavy atom. The molecule has 30 heavy (non-hydrogen) atoms. The summed E-state index contributed by atoms with van der Waals surface area (Å²) in [6.45, 7) is 16.5. The van der Waals surface area contributed by atoms with Crippen molar-refractivity contribution in [3.63, 3.8) is 0 Å². The molecule has 1 aromatic heterocycles. The van der Waals surface area contributed by atoms with Crippen LogP contribution < -0.4 is 4.43 Å². The molecule has 3 aliphatic heterocycles. The summed E-state index contributed by atoms with van der Waals surface area (Å²) >= 11 is 3.82. The van der Waals surface area contributed by atoms with Gasteiger partial charge in [-0.15, -0.1) is 0 Å². The molecule has 5 heteroatoms. The number of halogens is 1. The monoisotopic (exact) mass is 488 g/mol. The molecule has 6 rings (SSSR count). The Hall–Kier alpha value is -0.783. The van der Waals surface area contributed by atoms with Gasteiger partial charge in [0.25, 0.3) is 8.32 Å². The van der Waals surface area contributed by atoms with Crippen molar-refractivity contribution in [2.75, 3.05) is 13.1 Å². The molecule has 3 fully saturated rings. The van der Waals surface area contributed by atoms with Gasteiger partial charge in [-0.05, 0) is 82.9 Å². The lowest BCUT2D eigenvalue weighted by atomic mass is 9.65. The molecule has 0 radical (unpaired) electrons. The van der Waals surface area contributed by atoms with E-state index in [1.54, 1.807) is 5.56 Å². The van der Waals surface area contributed by atoms with Crippen molar-refractivity contribution in [3.8, 4) is 5.75 Å². The minimum absolute atomic E-state index is 0.190. The summed E-state index contributed by atoms with van der Waals surface area (Å²) in [7, 11) is -1.88. The van der Waals surface area contributed by atoms with Crippen LogP contribution in [0.5, 0.6) is 5.75 Å². The van der Waals surface area contributed by atoms with E-state index >= 15 is 0 Å². The number of aromatic amines is 1. The van der Waals surface area contributed by atoms with Gasteiger partial charge in [0.05, 0.1) is 4.47 Å². The van der Waals surface area contributed by atoms with Gasteiger partial charge in [0.2, 0.25) is 0 Å². The Morgan fingerprint density at radius 1 is 1.23 bits per heavy atom. The molecule has 5 atom stereocenters. The van der Waals surface area contributed by atoms with Crippen molar-refractivity contribution in [1.29, 1.82) is 0 Å². The van der Waals surface area contributed by atoms with Crippen molar-refractivity contribution in [3.05, 3.63) is 27.9 Å². The number of nitrogens with zero attached hydrogens (tertiary/aromatic N) is 1. The minimum atomic E-state index is -1.88. The average Bonchev–Trinajstić information content (AvgIpc) is 2.97. The molecule has 1 saturated carbocycles. The third-order valence-corrected chi connectivity index (χ3v) is 13.7. The summed E-state index contributed by atoms with van der Waals surface area (Å²) in [5.41, 5.74) is 4.38. The zero-order valence-electron chi connectivity index (χ0n) is 19.4. The van der Waals surface area contributed by atoms with Gasteiger partial charge in [-0.1, -0.05) is 34.1 Å². The predicted octanol–water partition coefficient (Wildman–Crippen LogP) is 7.07. The maximum Gasteiger partial charge on any atom is 0.250 e. The molecule has 4 aliphatic rings. The second kappa shape index (κ2) is 7.11. The van der Waals surface area contributed by atoms with Gasteiger partial charge in [0, 0.05) is 41.6 Å². The van der Waals surface area contributed by atoms with Gasteiger partial charge in [-0.3, -0.25) is 4.90 Å². The first kappa shape index (κ1) is 21.1. The van der Waals surface area contributed by atoms with Crippen LogP contribution in [-0.4, -0.2) is 37.3 Å². The fourth-order valence-electron chi connectivity index (χ4n) is 6.20. The normalized spacial score (nSPS) is 31.0. The molecule has 164 valence electrons. The molecule has 0 spiro atoms. The second-order valence-corrected chi connectivity index (χ2v) is 17.1. The molecule has 1 N–H and O–H groups in total. The van der Waals surface area contributed by atoms with Crippen LogP contribution in [-0.2, 0) is 6.42 Å². The lowest BCUT2D eigenvalue weighted by Crippen LogP contribution is -2.56. The molecule has 2 unspecified atom stereocenters. The number of nitrogens with one attached hydrogen (secondary N) is 1.